The maximum absolute atomic E-state index is 12.7. The second kappa shape index (κ2) is 56.7. The molecule has 10 heteroatoms. The van der Waals surface area contributed by atoms with E-state index in [1.807, 2.05) is 0 Å². The van der Waals surface area contributed by atoms with Gasteiger partial charge in [-0.2, -0.15) is 0 Å². The first-order valence-corrected chi connectivity index (χ1v) is 30.9. The lowest BCUT2D eigenvalue weighted by atomic mass is 10.0. The van der Waals surface area contributed by atoms with E-state index in [1.165, 1.54) is 154 Å². The van der Waals surface area contributed by atoms with Gasteiger partial charge in [0.2, 0.25) is 0 Å². The SMILES string of the molecule is CC/C=C\C/C=C\C/C=C\C/C=C\C/C=C\C/C=C\CCCCCCCCCCC(=O)OC(COC(=O)CCCCCCCCCCCCCCCCCCCCCCCCC)COP(=O)(O)OCCN. The third-order valence-corrected chi connectivity index (χ3v) is 13.6. The van der Waals surface area contributed by atoms with Crippen LogP contribution in [0, 0.1) is 0 Å². The minimum absolute atomic E-state index is 0.0502. The Morgan fingerprint density at radius 3 is 1.15 bits per heavy atom. The Hall–Kier alpha value is -2.55. The van der Waals surface area contributed by atoms with Gasteiger partial charge in [0, 0.05) is 19.4 Å². The van der Waals surface area contributed by atoms with E-state index in [2.05, 4.69) is 86.8 Å². The van der Waals surface area contributed by atoms with Crippen molar-refractivity contribution >= 4 is 19.8 Å². The van der Waals surface area contributed by atoms with Gasteiger partial charge in [-0.25, -0.2) is 4.57 Å². The molecule has 0 aromatic heterocycles. The highest BCUT2D eigenvalue weighted by Crippen LogP contribution is 2.43. The molecule has 2 atom stereocenters. The average molecular weight is 1020 g/mol. The van der Waals surface area contributed by atoms with Gasteiger partial charge < -0.3 is 20.1 Å². The normalized spacial score (nSPS) is 13.6. The van der Waals surface area contributed by atoms with Crippen LogP contribution in [0.3, 0.4) is 0 Å². The van der Waals surface area contributed by atoms with E-state index in [0.29, 0.717) is 6.42 Å². The summed E-state index contributed by atoms with van der Waals surface area (Å²) in [4.78, 5) is 35.2. The van der Waals surface area contributed by atoms with Gasteiger partial charge in [-0.05, 0) is 64.2 Å². The highest BCUT2D eigenvalue weighted by atomic mass is 31.2. The molecule has 0 aliphatic rings. The maximum Gasteiger partial charge on any atom is 0.472 e. The minimum Gasteiger partial charge on any atom is -0.462 e. The van der Waals surface area contributed by atoms with Crippen molar-refractivity contribution in [3.8, 4) is 0 Å². The molecule has 0 aromatic rings. The highest BCUT2D eigenvalue weighted by molar-refractivity contribution is 7.47. The second-order valence-electron chi connectivity index (χ2n) is 19.5. The number of carbonyl (C=O) groups excluding carboxylic acids is 2. The molecule has 2 unspecified atom stereocenters. The molecule has 0 aromatic carbocycles. The van der Waals surface area contributed by atoms with Gasteiger partial charge in [0.25, 0.3) is 0 Å². The highest BCUT2D eigenvalue weighted by Gasteiger charge is 2.26. The molecular formula is C61H110NO8P. The van der Waals surface area contributed by atoms with Gasteiger partial charge in [-0.1, -0.05) is 267 Å². The largest absolute Gasteiger partial charge is 0.472 e. The van der Waals surface area contributed by atoms with Gasteiger partial charge in [-0.3, -0.25) is 18.6 Å². The zero-order valence-electron chi connectivity index (χ0n) is 45.9. The van der Waals surface area contributed by atoms with Crippen molar-refractivity contribution in [1.82, 2.24) is 0 Å². The van der Waals surface area contributed by atoms with Crippen LogP contribution in [0.15, 0.2) is 72.9 Å². The van der Waals surface area contributed by atoms with Crippen LogP contribution in [-0.2, 0) is 32.7 Å². The van der Waals surface area contributed by atoms with Gasteiger partial charge in [-0.15, -0.1) is 0 Å². The maximum atomic E-state index is 12.7. The summed E-state index contributed by atoms with van der Waals surface area (Å²) in [5.74, 6) is -0.829. The van der Waals surface area contributed by atoms with Gasteiger partial charge in [0.05, 0.1) is 13.2 Å². The van der Waals surface area contributed by atoms with Crippen molar-refractivity contribution in [3.05, 3.63) is 72.9 Å². The van der Waals surface area contributed by atoms with E-state index in [0.717, 1.165) is 83.5 Å². The van der Waals surface area contributed by atoms with Crippen LogP contribution in [0.4, 0.5) is 0 Å². The molecule has 0 aliphatic carbocycles. The fourth-order valence-corrected chi connectivity index (χ4v) is 9.05. The molecule has 3 N–H and O–H groups in total. The first kappa shape index (κ1) is 68.5. The number of phosphoric ester groups is 1. The third-order valence-electron chi connectivity index (χ3n) is 12.6. The third kappa shape index (κ3) is 56.6. The van der Waals surface area contributed by atoms with Crippen molar-refractivity contribution in [2.45, 2.75) is 277 Å². The standard InChI is InChI=1S/C61H110NO8P/c1-3-5-7-9-11-13-15-17-19-21-23-25-27-28-29-30-32-34-36-38-40-42-44-46-48-50-52-54-61(64)70-59(58-69-71(65,66)68-56-55-62)57-67-60(63)53-51-49-47-45-43-41-39-37-35-33-31-26-24-22-20-18-16-14-12-10-8-6-4-2/h5,7,11,13,17,19,23,25,28-29,32,34,59H,3-4,6,8-10,12,14-16,18,20-22,24,26-27,30-31,33,35-58,62H2,1-2H3,(H,65,66)/b7-5-,13-11-,19-17-,25-23-,29-28-,34-32-. The van der Waals surface area contributed by atoms with Gasteiger partial charge >= 0.3 is 19.8 Å². The van der Waals surface area contributed by atoms with Crippen molar-refractivity contribution in [2.75, 3.05) is 26.4 Å². The Kier molecular flexibility index (Phi) is 54.7. The summed E-state index contributed by atoms with van der Waals surface area (Å²) in [5, 5.41) is 0. The van der Waals surface area contributed by atoms with Crippen LogP contribution < -0.4 is 5.73 Å². The fraction of sp³-hybridized carbons (Fsp3) is 0.770. The lowest BCUT2D eigenvalue weighted by Crippen LogP contribution is -2.29. The van der Waals surface area contributed by atoms with E-state index >= 15 is 0 Å². The van der Waals surface area contributed by atoms with Crippen LogP contribution in [0.5, 0.6) is 0 Å². The first-order valence-electron chi connectivity index (χ1n) is 29.4. The smallest absolute Gasteiger partial charge is 0.462 e. The zero-order valence-corrected chi connectivity index (χ0v) is 46.8. The lowest BCUT2D eigenvalue weighted by Gasteiger charge is -2.19. The molecule has 71 heavy (non-hydrogen) atoms. The van der Waals surface area contributed by atoms with Crippen molar-refractivity contribution in [3.63, 3.8) is 0 Å². The summed E-state index contributed by atoms with van der Waals surface area (Å²) >= 11 is 0. The Morgan fingerprint density at radius 1 is 0.437 bits per heavy atom. The Balaban J connectivity index is 3.99. The summed E-state index contributed by atoms with van der Waals surface area (Å²) < 4.78 is 33.1. The Bertz CT molecular complexity index is 1390. The van der Waals surface area contributed by atoms with E-state index in [4.69, 9.17) is 24.3 Å². The molecule has 0 saturated carbocycles. The Morgan fingerprint density at radius 2 is 0.775 bits per heavy atom. The molecule has 0 spiro atoms. The van der Waals surface area contributed by atoms with Crippen LogP contribution in [-0.4, -0.2) is 49.3 Å². The molecule has 9 nitrogen and oxygen atoms in total. The van der Waals surface area contributed by atoms with E-state index in [9.17, 15) is 19.0 Å². The Labute approximate surface area is 437 Å². The summed E-state index contributed by atoms with van der Waals surface area (Å²) in [5.41, 5.74) is 5.38. The summed E-state index contributed by atoms with van der Waals surface area (Å²) in [6, 6.07) is 0. The molecule has 0 aliphatic heterocycles. The van der Waals surface area contributed by atoms with Crippen LogP contribution >= 0.6 is 7.82 Å². The van der Waals surface area contributed by atoms with Crippen LogP contribution in [0.2, 0.25) is 0 Å². The number of unbranched alkanes of at least 4 members (excludes halogenated alkanes) is 30. The summed E-state index contributed by atoms with van der Waals surface area (Å²) in [6.07, 6.45) is 72.4. The topological polar surface area (TPSA) is 134 Å². The number of allylic oxidation sites excluding steroid dienone is 12. The first-order chi connectivity index (χ1) is 34.8. The molecule has 0 amide bonds. The molecule has 0 saturated heterocycles. The average Bonchev–Trinajstić information content (AvgIpc) is 3.36. The van der Waals surface area contributed by atoms with E-state index in [-0.39, 0.29) is 38.6 Å². The van der Waals surface area contributed by atoms with Crippen molar-refractivity contribution < 1.29 is 37.6 Å². The number of esters is 2. The molecule has 0 bridgehead atoms. The predicted molar refractivity (Wildman–Crippen MR) is 302 cm³/mol. The molecule has 0 rings (SSSR count). The number of ether oxygens (including phenoxy) is 2. The van der Waals surface area contributed by atoms with E-state index < -0.39 is 26.5 Å². The molecule has 412 valence electrons. The number of rotatable bonds is 55. The molecule has 0 fully saturated rings. The predicted octanol–water partition coefficient (Wildman–Crippen LogP) is 18.5. The molecule has 0 heterocycles. The second-order valence-corrected chi connectivity index (χ2v) is 20.9. The molecule has 0 radical (unpaired) electrons. The lowest BCUT2D eigenvalue weighted by molar-refractivity contribution is -0.161. The quantitative estimate of drug-likeness (QED) is 0.0264. The van der Waals surface area contributed by atoms with Crippen LogP contribution in [0.25, 0.3) is 0 Å². The number of phosphoric acid groups is 1. The van der Waals surface area contributed by atoms with Gasteiger partial charge in [0.15, 0.2) is 6.10 Å². The minimum atomic E-state index is -4.39. The fourth-order valence-electron chi connectivity index (χ4n) is 8.29. The van der Waals surface area contributed by atoms with Crippen LogP contribution in [0.1, 0.15) is 271 Å². The number of nitrogens with two attached hydrogens (primary N) is 1. The van der Waals surface area contributed by atoms with Gasteiger partial charge in [0.1, 0.15) is 6.61 Å². The number of carbonyl (C=O) groups is 2. The monoisotopic (exact) mass is 1020 g/mol. The van der Waals surface area contributed by atoms with Crippen molar-refractivity contribution in [1.29, 1.82) is 0 Å². The van der Waals surface area contributed by atoms with Crippen molar-refractivity contribution in [2.24, 2.45) is 5.73 Å². The number of hydrogen-bond acceptors (Lipinski definition) is 8. The summed E-state index contributed by atoms with van der Waals surface area (Å²) in [6.45, 7) is 3.65. The molecular weight excluding hydrogens is 906 g/mol. The zero-order chi connectivity index (χ0) is 51.7. The summed E-state index contributed by atoms with van der Waals surface area (Å²) in [7, 11) is -4.39. The van der Waals surface area contributed by atoms with E-state index in [1.54, 1.807) is 0 Å². The number of hydrogen-bond donors (Lipinski definition) is 2.